The molecule has 0 radical (unpaired) electrons. The van der Waals surface area contributed by atoms with E-state index >= 15 is 0 Å². The van der Waals surface area contributed by atoms with Gasteiger partial charge in [0.1, 0.15) is 0 Å². The molecule has 3 rings (SSSR count). The summed E-state index contributed by atoms with van der Waals surface area (Å²) in [6.45, 7) is 4.64. The molecule has 0 amide bonds. The third kappa shape index (κ3) is 8.65. The van der Waals surface area contributed by atoms with Crippen LogP contribution < -0.4 is 0 Å². The highest BCUT2D eigenvalue weighted by Gasteiger charge is 2.55. The second kappa shape index (κ2) is 14.4. The van der Waals surface area contributed by atoms with Crippen LogP contribution in [-0.4, -0.2) is 0 Å². The van der Waals surface area contributed by atoms with Crippen molar-refractivity contribution in [2.24, 2.45) is 22.7 Å². The van der Waals surface area contributed by atoms with Gasteiger partial charge in [-0.1, -0.05) is 117 Å². The van der Waals surface area contributed by atoms with Crippen molar-refractivity contribution in [1.82, 2.24) is 0 Å². The molecule has 0 nitrogen and oxygen atoms in total. The van der Waals surface area contributed by atoms with E-state index in [0.717, 1.165) is 22.7 Å². The summed E-state index contributed by atoms with van der Waals surface area (Å²) in [6.07, 6.45) is 39.7. The zero-order chi connectivity index (χ0) is 22.5. The van der Waals surface area contributed by atoms with Crippen molar-refractivity contribution in [2.75, 3.05) is 0 Å². The Balaban J connectivity index is 1.19. The van der Waals surface area contributed by atoms with E-state index in [1.54, 1.807) is 77.0 Å². The van der Waals surface area contributed by atoms with Crippen LogP contribution in [-0.2, 0) is 0 Å². The van der Waals surface area contributed by atoms with Gasteiger partial charge in [0.2, 0.25) is 0 Å². The summed E-state index contributed by atoms with van der Waals surface area (Å²) in [7, 11) is 0. The summed E-state index contributed by atoms with van der Waals surface area (Å²) in [5.74, 6) is 2.18. The summed E-state index contributed by atoms with van der Waals surface area (Å²) >= 11 is 0. The lowest BCUT2D eigenvalue weighted by Crippen LogP contribution is -2.49. The lowest BCUT2D eigenvalue weighted by atomic mass is 9.44. The first-order valence-corrected chi connectivity index (χ1v) is 15.7. The predicted octanol–water partition coefficient (Wildman–Crippen LogP) is 11.4. The Morgan fingerprint density at radius 3 is 1.09 bits per heavy atom. The van der Waals surface area contributed by atoms with Gasteiger partial charge in [-0.2, -0.15) is 0 Å². The van der Waals surface area contributed by atoms with Crippen LogP contribution in [0.25, 0.3) is 0 Å². The maximum absolute atomic E-state index is 2.32. The quantitative estimate of drug-likeness (QED) is 0.208. The zero-order valence-corrected chi connectivity index (χ0v) is 22.5. The van der Waals surface area contributed by atoms with Crippen molar-refractivity contribution in [3.05, 3.63) is 0 Å². The lowest BCUT2D eigenvalue weighted by molar-refractivity contribution is -0.102. The maximum atomic E-state index is 2.32. The Hall–Kier alpha value is 0. The first-order chi connectivity index (χ1) is 15.7. The molecule has 3 saturated carbocycles. The third-order valence-electron chi connectivity index (χ3n) is 10.3. The number of rotatable bonds is 16. The second-order valence-corrected chi connectivity index (χ2v) is 13.1. The molecule has 0 atom stereocenters. The minimum Gasteiger partial charge on any atom is -0.0654 e. The van der Waals surface area contributed by atoms with E-state index in [1.807, 2.05) is 0 Å². The number of hydrogen-bond acceptors (Lipinski definition) is 0. The minimum absolute atomic E-state index is 0.821. The van der Waals surface area contributed by atoms with Crippen molar-refractivity contribution in [2.45, 2.75) is 181 Å². The average Bonchev–Trinajstić information content (AvgIpc) is 2.79. The maximum Gasteiger partial charge on any atom is -0.0287 e. The summed E-state index contributed by atoms with van der Waals surface area (Å²) in [5.41, 5.74) is 1.64. The fourth-order valence-corrected chi connectivity index (χ4v) is 8.18. The molecule has 0 aromatic carbocycles. The molecular weight excluding hydrogens is 384 g/mol. The van der Waals surface area contributed by atoms with Crippen molar-refractivity contribution in [1.29, 1.82) is 0 Å². The summed E-state index contributed by atoms with van der Waals surface area (Å²) in [6, 6.07) is 0. The Morgan fingerprint density at radius 2 is 0.750 bits per heavy atom. The molecule has 0 heterocycles. The predicted molar refractivity (Wildman–Crippen MR) is 143 cm³/mol. The monoisotopic (exact) mass is 444 g/mol. The minimum atomic E-state index is 0.821. The van der Waals surface area contributed by atoms with Gasteiger partial charge >= 0.3 is 0 Å². The van der Waals surface area contributed by atoms with Gasteiger partial charge in [0, 0.05) is 0 Å². The van der Waals surface area contributed by atoms with Crippen LogP contribution in [0.5, 0.6) is 0 Å². The van der Waals surface area contributed by atoms with Crippen molar-refractivity contribution in [3.8, 4) is 0 Å². The van der Waals surface area contributed by atoms with E-state index in [2.05, 4.69) is 13.8 Å². The van der Waals surface area contributed by atoms with Crippen LogP contribution in [0.4, 0.5) is 0 Å². The van der Waals surface area contributed by atoms with E-state index in [9.17, 15) is 0 Å². The van der Waals surface area contributed by atoms with Crippen LogP contribution in [0.15, 0.2) is 0 Å². The summed E-state index contributed by atoms with van der Waals surface area (Å²) < 4.78 is 0. The Kier molecular flexibility index (Phi) is 12.0. The van der Waals surface area contributed by atoms with Gasteiger partial charge in [-0.05, 0) is 86.9 Å². The highest BCUT2D eigenvalue weighted by molar-refractivity contribution is 5.06. The molecule has 0 N–H and O–H groups in total. The van der Waals surface area contributed by atoms with Crippen LogP contribution in [0.2, 0.25) is 0 Å². The van der Waals surface area contributed by atoms with E-state index in [4.69, 9.17) is 0 Å². The fraction of sp³-hybridized carbons (Fsp3) is 1.00. The van der Waals surface area contributed by atoms with Crippen LogP contribution in [0.3, 0.4) is 0 Å². The van der Waals surface area contributed by atoms with Crippen molar-refractivity contribution in [3.63, 3.8) is 0 Å². The highest BCUT2D eigenvalue weighted by Crippen LogP contribution is 2.67. The first-order valence-electron chi connectivity index (χ1n) is 15.7. The average molecular weight is 445 g/mol. The molecule has 32 heavy (non-hydrogen) atoms. The molecule has 2 spiro atoms. The molecule has 0 aliphatic heterocycles. The highest BCUT2D eigenvalue weighted by atomic mass is 14.6. The van der Waals surface area contributed by atoms with E-state index in [0.29, 0.717) is 0 Å². The molecule has 0 bridgehead atoms. The smallest absolute Gasteiger partial charge is 0.0287 e. The zero-order valence-electron chi connectivity index (χ0n) is 22.5. The standard InChI is InChI=1S/C32H60/c1-3-5-7-9-11-13-15-17-29-19-23-31(24-20-29)27-32(28-31)25-21-30(22-26-32)18-16-14-12-10-8-6-4-2/h29-30H,3-28H2,1-2H3. The molecule has 3 fully saturated rings. The lowest BCUT2D eigenvalue weighted by Gasteiger charge is -2.61. The number of unbranched alkanes of at least 4 members (excludes halogenated alkanes) is 12. The Bertz CT molecular complexity index is 408. The van der Waals surface area contributed by atoms with Crippen molar-refractivity contribution >= 4 is 0 Å². The molecule has 0 saturated heterocycles. The summed E-state index contributed by atoms with van der Waals surface area (Å²) in [5, 5.41) is 0. The normalized spacial score (nSPS) is 32.4. The van der Waals surface area contributed by atoms with Gasteiger partial charge in [0.25, 0.3) is 0 Å². The molecule has 0 heteroatoms. The van der Waals surface area contributed by atoms with Gasteiger partial charge in [0.05, 0.1) is 0 Å². The topological polar surface area (TPSA) is 0 Å². The molecule has 3 aliphatic rings. The first kappa shape index (κ1) is 26.6. The van der Waals surface area contributed by atoms with Gasteiger partial charge in [-0.15, -0.1) is 0 Å². The van der Waals surface area contributed by atoms with Gasteiger partial charge in [-0.3, -0.25) is 0 Å². The molecule has 3 aliphatic carbocycles. The Morgan fingerprint density at radius 1 is 0.438 bits per heavy atom. The van der Waals surface area contributed by atoms with Crippen LogP contribution >= 0.6 is 0 Å². The molecule has 188 valence electrons. The van der Waals surface area contributed by atoms with Crippen LogP contribution in [0.1, 0.15) is 181 Å². The molecular formula is C32H60. The van der Waals surface area contributed by atoms with E-state index < -0.39 is 0 Å². The Labute approximate surface area is 203 Å². The number of hydrogen-bond donors (Lipinski definition) is 0. The summed E-state index contributed by atoms with van der Waals surface area (Å²) in [4.78, 5) is 0. The third-order valence-corrected chi connectivity index (χ3v) is 10.3. The van der Waals surface area contributed by atoms with Gasteiger partial charge < -0.3 is 0 Å². The molecule has 0 aromatic rings. The van der Waals surface area contributed by atoms with Crippen molar-refractivity contribution < 1.29 is 0 Å². The second-order valence-electron chi connectivity index (χ2n) is 13.1. The molecule has 0 unspecified atom stereocenters. The molecule has 0 aromatic heterocycles. The largest absolute Gasteiger partial charge is 0.0654 e. The van der Waals surface area contributed by atoms with Gasteiger partial charge in [0.15, 0.2) is 0 Å². The SMILES string of the molecule is CCCCCCCCCC1CCC2(CC1)CC1(CCC(CCCCCCCCC)CC1)C2. The van der Waals surface area contributed by atoms with E-state index in [1.165, 1.54) is 89.9 Å². The van der Waals surface area contributed by atoms with Crippen LogP contribution in [0, 0.1) is 22.7 Å². The van der Waals surface area contributed by atoms with E-state index in [-0.39, 0.29) is 0 Å². The van der Waals surface area contributed by atoms with Gasteiger partial charge in [-0.25, -0.2) is 0 Å². The fourth-order valence-electron chi connectivity index (χ4n) is 8.18.